The van der Waals surface area contributed by atoms with Crippen molar-refractivity contribution in [1.29, 1.82) is 0 Å². The van der Waals surface area contributed by atoms with Crippen molar-refractivity contribution < 1.29 is 4.79 Å². The molecule has 1 fully saturated rings. The Morgan fingerprint density at radius 3 is 1.79 bits per heavy atom. The van der Waals surface area contributed by atoms with Gasteiger partial charge < -0.3 is 4.90 Å². The molecule has 0 aromatic carbocycles. The van der Waals surface area contributed by atoms with Crippen molar-refractivity contribution in [3.05, 3.63) is 0 Å². The number of Topliss-reactive ketones (excluding diaryl/α,β-unsaturated/α-hetero) is 1. The third kappa shape index (κ3) is 6.53. The first kappa shape index (κ1) is 16.6. The summed E-state index contributed by atoms with van der Waals surface area (Å²) in [7, 11) is 0. The van der Waals surface area contributed by atoms with Crippen molar-refractivity contribution in [3.63, 3.8) is 0 Å². The van der Waals surface area contributed by atoms with E-state index in [0.717, 1.165) is 26.2 Å². The minimum Gasteiger partial charge on any atom is -0.301 e. The molecule has 0 saturated carbocycles. The smallest absolute Gasteiger partial charge is 0.152 e. The standard InChI is InChI=1S/C16H32N2O/c1-15(2,3)7-8-17-9-11-18(12-10-17)13-14(19)16(4,5)6/h7-13H2,1-6H3. The molecule has 0 unspecified atom stereocenters. The maximum atomic E-state index is 12.0. The number of piperazine rings is 1. The average Bonchev–Trinajstić information content (AvgIpc) is 2.26. The van der Waals surface area contributed by atoms with Crippen LogP contribution in [0.15, 0.2) is 0 Å². The highest BCUT2D eigenvalue weighted by atomic mass is 16.1. The van der Waals surface area contributed by atoms with Crippen LogP contribution in [0, 0.1) is 10.8 Å². The second-order valence-corrected chi connectivity index (χ2v) is 8.10. The Morgan fingerprint density at radius 2 is 1.37 bits per heavy atom. The molecule has 0 bridgehead atoms. The van der Waals surface area contributed by atoms with E-state index in [4.69, 9.17) is 0 Å². The summed E-state index contributed by atoms with van der Waals surface area (Å²) in [6.45, 7) is 19.0. The summed E-state index contributed by atoms with van der Waals surface area (Å²) in [5, 5.41) is 0. The molecule has 0 N–H and O–H groups in total. The van der Waals surface area contributed by atoms with Crippen LogP contribution in [0.3, 0.4) is 0 Å². The molecule has 0 aliphatic carbocycles. The highest BCUT2D eigenvalue weighted by Crippen LogP contribution is 2.20. The SMILES string of the molecule is CC(C)(C)CCN1CCN(CC(=O)C(C)(C)C)CC1. The van der Waals surface area contributed by atoms with Crippen LogP contribution in [-0.2, 0) is 4.79 Å². The minimum absolute atomic E-state index is 0.205. The van der Waals surface area contributed by atoms with Crippen molar-refractivity contribution >= 4 is 5.78 Å². The first-order valence-corrected chi connectivity index (χ1v) is 7.56. The normalized spacial score (nSPS) is 19.7. The maximum absolute atomic E-state index is 12.0. The van der Waals surface area contributed by atoms with Gasteiger partial charge in [-0.15, -0.1) is 0 Å². The lowest BCUT2D eigenvalue weighted by atomic mass is 9.90. The highest BCUT2D eigenvalue weighted by Gasteiger charge is 2.25. The Kier molecular flexibility index (Phi) is 5.57. The molecule has 3 nitrogen and oxygen atoms in total. The second kappa shape index (κ2) is 6.36. The van der Waals surface area contributed by atoms with E-state index >= 15 is 0 Å². The Bertz CT molecular complexity index is 291. The summed E-state index contributed by atoms with van der Waals surface area (Å²) in [4.78, 5) is 16.9. The Hall–Kier alpha value is -0.410. The number of rotatable bonds is 4. The van der Waals surface area contributed by atoms with Gasteiger partial charge in [0.15, 0.2) is 5.78 Å². The van der Waals surface area contributed by atoms with E-state index in [9.17, 15) is 4.79 Å². The zero-order valence-electron chi connectivity index (χ0n) is 13.8. The molecule has 0 aromatic heterocycles. The van der Waals surface area contributed by atoms with Crippen molar-refractivity contribution in [3.8, 4) is 0 Å². The predicted octanol–water partition coefficient (Wildman–Crippen LogP) is 2.66. The monoisotopic (exact) mass is 268 g/mol. The largest absolute Gasteiger partial charge is 0.301 e. The zero-order chi connectivity index (χ0) is 14.7. The quantitative estimate of drug-likeness (QED) is 0.783. The van der Waals surface area contributed by atoms with E-state index in [2.05, 4.69) is 30.6 Å². The van der Waals surface area contributed by atoms with Gasteiger partial charge in [-0.3, -0.25) is 9.69 Å². The molecule has 1 rings (SSSR count). The molecule has 0 amide bonds. The fraction of sp³-hybridized carbons (Fsp3) is 0.938. The highest BCUT2D eigenvalue weighted by molar-refractivity contribution is 5.85. The molecule has 0 atom stereocenters. The number of carbonyl (C=O) groups excluding carboxylic acids is 1. The van der Waals surface area contributed by atoms with Crippen molar-refractivity contribution in [1.82, 2.24) is 9.80 Å². The number of hydrogen-bond acceptors (Lipinski definition) is 3. The van der Waals surface area contributed by atoms with E-state index in [1.807, 2.05) is 20.8 Å². The molecule has 1 heterocycles. The number of hydrogen-bond donors (Lipinski definition) is 0. The van der Waals surface area contributed by atoms with Crippen molar-refractivity contribution in [2.75, 3.05) is 39.3 Å². The van der Waals surface area contributed by atoms with Crippen molar-refractivity contribution in [2.24, 2.45) is 10.8 Å². The third-order valence-corrected chi connectivity index (χ3v) is 3.85. The molecule has 0 aromatic rings. The summed E-state index contributed by atoms with van der Waals surface area (Å²) < 4.78 is 0. The number of carbonyl (C=O) groups is 1. The van der Waals surface area contributed by atoms with Crippen LogP contribution in [0.25, 0.3) is 0 Å². The lowest BCUT2D eigenvalue weighted by molar-refractivity contribution is -0.127. The van der Waals surface area contributed by atoms with Crippen LogP contribution in [0.4, 0.5) is 0 Å². The Morgan fingerprint density at radius 1 is 0.895 bits per heavy atom. The second-order valence-electron chi connectivity index (χ2n) is 8.10. The van der Waals surface area contributed by atoms with Gasteiger partial charge in [0.2, 0.25) is 0 Å². The van der Waals surface area contributed by atoms with Crippen LogP contribution in [0.5, 0.6) is 0 Å². The van der Waals surface area contributed by atoms with E-state index < -0.39 is 0 Å². The van der Waals surface area contributed by atoms with E-state index in [-0.39, 0.29) is 5.41 Å². The van der Waals surface area contributed by atoms with Crippen LogP contribution in [0.1, 0.15) is 48.0 Å². The van der Waals surface area contributed by atoms with Crippen molar-refractivity contribution in [2.45, 2.75) is 48.0 Å². The van der Waals surface area contributed by atoms with Gasteiger partial charge in [-0.05, 0) is 18.4 Å². The topological polar surface area (TPSA) is 23.6 Å². The van der Waals surface area contributed by atoms with Gasteiger partial charge in [0, 0.05) is 31.6 Å². The molecular weight excluding hydrogens is 236 g/mol. The molecule has 1 aliphatic heterocycles. The molecule has 0 radical (unpaired) electrons. The minimum atomic E-state index is -0.205. The van der Waals surface area contributed by atoms with Gasteiger partial charge >= 0.3 is 0 Å². The first-order chi connectivity index (χ1) is 8.58. The van der Waals surface area contributed by atoms with Crippen LogP contribution < -0.4 is 0 Å². The maximum Gasteiger partial charge on any atom is 0.152 e. The van der Waals surface area contributed by atoms with Gasteiger partial charge in [-0.1, -0.05) is 41.5 Å². The zero-order valence-corrected chi connectivity index (χ0v) is 13.8. The molecule has 112 valence electrons. The molecule has 3 heteroatoms. The predicted molar refractivity (Wildman–Crippen MR) is 81.4 cm³/mol. The summed E-state index contributed by atoms with van der Waals surface area (Å²) in [5.74, 6) is 0.357. The van der Waals surface area contributed by atoms with Gasteiger partial charge in [0.05, 0.1) is 6.54 Å². The summed E-state index contributed by atoms with van der Waals surface area (Å²) in [5.41, 5.74) is 0.211. The third-order valence-electron chi connectivity index (χ3n) is 3.85. The summed E-state index contributed by atoms with van der Waals surface area (Å²) in [6, 6.07) is 0. The lowest BCUT2D eigenvalue weighted by Crippen LogP contribution is -2.49. The van der Waals surface area contributed by atoms with E-state index in [0.29, 0.717) is 17.7 Å². The number of ketones is 1. The van der Waals surface area contributed by atoms with Crippen LogP contribution in [0.2, 0.25) is 0 Å². The average molecular weight is 268 g/mol. The van der Waals surface area contributed by atoms with E-state index in [1.54, 1.807) is 0 Å². The van der Waals surface area contributed by atoms with Crippen LogP contribution >= 0.6 is 0 Å². The van der Waals surface area contributed by atoms with Crippen LogP contribution in [-0.4, -0.2) is 54.9 Å². The fourth-order valence-corrected chi connectivity index (χ4v) is 2.10. The summed E-state index contributed by atoms with van der Waals surface area (Å²) >= 11 is 0. The van der Waals surface area contributed by atoms with E-state index in [1.165, 1.54) is 13.0 Å². The molecule has 1 saturated heterocycles. The molecular formula is C16H32N2O. The van der Waals surface area contributed by atoms with Gasteiger partial charge in [0.25, 0.3) is 0 Å². The molecule has 0 spiro atoms. The summed E-state index contributed by atoms with van der Waals surface area (Å²) in [6.07, 6.45) is 1.24. The Labute approximate surface area is 119 Å². The lowest BCUT2D eigenvalue weighted by Gasteiger charge is -2.36. The Balaban J connectivity index is 2.28. The first-order valence-electron chi connectivity index (χ1n) is 7.56. The molecule has 19 heavy (non-hydrogen) atoms. The fourth-order valence-electron chi connectivity index (χ4n) is 2.10. The van der Waals surface area contributed by atoms with Gasteiger partial charge in [0.1, 0.15) is 0 Å². The van der Waals surface area contributed by atoms with Gasteiger partial charge in [-0.2, -0.15) is 0 Å². The molecule has 1 aliphatic rings. The number of nitrogens with zero attached hydrogens (tertiary/aromatic N) is 2. The van der Waals surface area contributed by atoms with Gasteiger partial charge in [-0.25, -0.2) is 0 Å².